The van der Waals surface area contributed by atoms with E-state index in [1.807, 2.05) is 0 Å². The molecule has 4 atom stereocenters. The summed E-state index contributed by atoms with van der Waals surface area (Å²) in [5.74, 6) is 0.951. The number of ether oxygens (including phenoxy) is 2. The molecule has 3 fully saturated rings. The second kappa shape index (κ2) is 10.7. The van der Waals surface area contributed by atoms with Gasteiger partial charge >= 0.3 is 6.01 Å². The third-order valence-electron chi connectivity index (χ3n) is 10.7. The molecule has 1 aromatic heterocycles. The van der Waals surface area contributed by atoms with Crippen molar-refractivity contribution in [2.45, 2.75) is 101 Å². The fourth-order valence-electron chi connectivity index (χ4n) is 8.49. The maximum Gasteiger partial charge on any atom is 0.318 e. The monoisotopic (exact) mass is 564 g/mol. The zero-order valence-corrected chi connectivity index (χ0v) is 24.7. The largest absolute Gasteiger partial charge is 0.461 e. The highest BCUT2D eigenvalue weighted by molar-refractivity contribution is 5.55. The number of anilines is 2. The number of aryl methyl sites for hydroxylation is 1. The predicted octanol–water partition coefficient (Wildman–Crippen LogP) is 4.21. The number of nitrogens with one attached hydrogen (secondary N) is 1. The third kappa shape index (κ3) is 4.87. The van der Waals surface area contributed by atoms with Gasteiger partial charge in [0.1, 0.15) is 18.6 Å². The number of aromatic nitrogens is 2. The van der Waals surface area contributed by atoms with Crippen molar-refractivity contribution in [2.24, 2.45) is 0 Å². The molecule has 41 heavy (non-hydrogen) atoms. The molecule has 4 aliphatic heterocycles. The Balaban J connectivity index is 1.24. The zero-order valence-electron chi connectivity index (χ0n) is 24.7. The highest BCUT2D eigenvalue weighted by Crippen LogP contribution is 2.47. The minimum absolute atomic E-state index is 0.233. The molecule has 0 radical (unpaired) electrons. The minimum atomic E-state index is -0.782. The van der Waals surface area contributed by atoms with Crippen molar-refractivity contribution in [1.82, 2.24) is 20.2 Å². The van der Waals surface area contributed by atoms with Gasteiger partial charge in [-0.05, 0) is 101 Å². The molecule has 7 rings (SSSR count). The molecule has 222 valence electrons. The van der Waals surface area contributed by atoms with Crippen molar-refractivity contribution in [2.75, 3.05) is 50.5 Å². The summed E-state index contributed by atoms with van der Waals surface area (Å²) in [6.07, 6.45) is 8.90. The molecular weight excluding hydrogens is 519 g/mol. The van der Waals surface area contributed by atoms with Crippen LogP contribution in [-0.2, 0) is 29.8 Å². The van der Waals surface area contributed by atoms with Gasteiger partial charge in [0.2, 0.25) is 0 Å². The number of hydrogen-bond acceptors (Lipinski definition) is 8. The van der Waals surface area contributed by atoms with E-state index in [1.54, 1.807) is 0 Å². The van der Waals surface area contributed by atoms with Gasteiger partial charge in [-0.1, -0.05) is 0 Å². The molecule has 0 saturated carbocycles. The number of hydrogen-bond donors (Lipinski definition) is 2. The van der Waals surface area contributed by atoms with E-state index < -0.39 is 11.8 Å². The lowest BCUT2D eigenvalue weighted by molar-refractivity contribution is -0.0856. The topological polar surface area (TPSA) is 88.8 Å². The van der Waals surface area contributed by atoms with Gasteiger partial charge in [0.25, 0.3) is 0 Å². The number of fused-ring (bicyclic) bond motifs is 4. The molecule has 0 bridgehead atoms. The Morgan fingerprint density at radius 2 is 2.02 bits per heavy atom. The predicted molar refractivity (Wildman–Crippen MR) is 158 cm³/mol. The molecule has 3 saturated heterocycles. The SMILES string of the molecule is CN[C@@H]1CCCN(c2nc(OC[C@@]34CCCN3C[C@H](F)C4)nc3c2COC2(CCCc4c(C)cc(N)cc42)C3)CC1. The summed E-state index contributed by atoms with van der Waals surface area (Å²) in [5, 5.41) is 3.47. The van der Waals surface area contributed by atoms with Gasteiger partial charge in [-0.3, -0.25) is 4.90 Å². The van der Waals surface area contributed by atoms with Crippen molar-refractivity contribution in [3.8, 4) is 6.01 Å². The van der Waals surface area contributed by atoms with Crippen LogP contribution < -0.4 is 20.7 Å². The van der Waals surface area contributed by atoms with Crippen LogP contribution in [-0.4, -0.2) is 72.5 Å². The molecule has 2 aromatic rings. The molecule has 5 aliphatic rings. The first kappa shape index (κ1) is 27.3. The first-order valence-electron chi connectivity index (χ1n) is 15.8. The van der Waals surface area contributed by atoms with E-state index in [9.17, 15) is 4.39 Å². The third-order valence-corrected chi connectivity index (χ3v) is 10.7. The van der Waals surface area contributed by atoms with Crippen LogP contribution in [0.4, 0.5) is 15.9 Å². The normalized spacial score (nSPS) is 31.5. The van der Waals surface area contributed by atoms with E-state index in [2.05, 4.69) is 41.2 Å². The molecule has 3 N–H and O–H groups in total. The van der Waals surface area contributed by atoms with Crippen LogP contribution in [0, 0.1) is 6.92 Å². The molecule has 1 aromatic carbocycles. The summed E-state index contributed by atoms with van der Waals surface area (Å²) in [5.41, 5.74) is 12.4. The Morgan fingerprint density at radius 3 is 2.90 bits per heavy atom. The van der Waals surface area contributed by atoms with E-state index >= 15 is 0 Å². The average molecular weight is 565 g/mol. The zero-order chi connectivity index (χ0) is 28.2. The smallest absolute Gasteiger partial charge is 0.318 e. The number of rotatable bonds is 5. The number of nitrogens with zero attached hydrogens (tertiary/aromatic N) is 4. The Labute approximate surface area is 243 Å². The van der Waals surface area contributed by atoms with Crippen LogP contribution in [0.2, 0.25) is 0 Å². The molecule has 5 heterocycles. The lowest BCUT2D eigenvalue weighted by Crippen LogP contribution is -2.44. The second-order valence-electron chi connectivity index (χ2n) is 13.2. The van der Waals surface area contributed by atoms with Gasteiger partial charge in [-0.15, -0.1) is 0 Å². The average Bonchev–Trinajstić information content (AvgIpc) is 3.36. The van der Waals surface area contributed by atoms with E-state index in [4.69, 9.17) is 25.2 Å². The first-order valence-corrected chi connectivity index (χ1v) is 15.8. The Bertz CT molecular complexity index is 1310. The lowest BCUT2D eigenvalue weighted by atomic mass is 9.73. The number of nitrogen functional groups attached to an aromatic ring is 1. The van der Waals surface area contributed by atoms with Crippen LogP contribution in [0.5, 0.6) is 6.01 Å². The highest BCUT2D eigenvalue weighted by atomic mass is 19.1. The molecule has 1 spiro atoms. The van der Waals surface area contributed by atoms with Crippen LogP contribution >= 0.6 is 0 Å². The van der Waals surface area contributed by atoms with Gasteiger partial charge < -0.3 is 25.4 Å². The highest BCUT2D eigenvalue weighted by Gasteiger charge is 2.50. The van der Waals surface area contributed by atoms with Gasteiger partial charge in [0.15, 0.2) is 0 Å². The summed E-state index contributed by atoms with van der Waals surface area (Å²) in [4.78, 5) is 14.8. The maximum absolute atomic E-state index is 14.5. The lowest BCUT2D eigenvalue weighted by Gasteiger charge is -2.43. The van der Waals surface area contributed by atoms with Crippen LogP contribution in [0.1, 0.15) is 79.3 Å². The first-order chi connectivity index (χ1) is 19.9. The van der Waals surface area contributed by atoms with Gasteiger partial charge in [-0.2, -0.15) is 9.97 Å². The van der Waals surface area contributed by atoms with Crippen LogP contribution in [0.15, 0.2) is 12.1 Å². The van der Waals surface area contributed by atoms with Crippen LogP contribution in [0.3, 0.4) is 0 Å². The number of alkyl halides is 1. The Morgan fingerprint density at radius 1 is 1.12 bits per heavy atom. The maximum atomic E-state index is 14.5. The van der Waals surface area contributed by atoms with Gasteiger partial charge in [0.05, 0.1) is 23.4 Å². The minimum Gasteiger partial charge on any atom is -0.461 e. The molecule has 0 amide bonds. The van der Waals surface area contributed by atoms with Crippen molar-refractivity contribution in [1.29, 1.82) is 0 Å². The number of nitrogens with two attached hydrogens (primary N) is 1. The molecule has 8 nitrogen and oxygen atoms in total. The standard InChI is InChI=1S/C32H45FN6O2/c1-21-14-23(34)15-27-25(21)7-3-10-32(27)17-28-26(19-41-32)29(38-11-4-6-24(35-2)8-13-38)37-30(36-28)40-20-31-9-5-12-39(31)18-22(33)16-31/h14-15,22,24,35H,3-13,16-20,34H2,1-2H3/t22-,24-,31+,32?/m1/s1. The van der Waals surface area contributed by atoms with E-state index in [-0.39, 0.29) is 5.54 Å². The second-order valence-corrected chi connectivity index (χ2v) is 13.2. The number of benzene rings is 1. The van der Waals surface area contributed by atoms with Gasteiger partial charge in [0, 0.05) is 49.8 Å². The summed E-state index contributed by atoms with van der Waals surface area (Å²) in [6, 6.07) is 5.15. The summed E-state index contributed by atoms with van der Waals surface area (Å²) in [6.45, 7) is 6.42. The van der Waals surface area contributed by atoms with E-state index in [1.165, 1.54) is 16.7 Å². The van der Waals surface area contributed by atoms with Crippen molar-refractivity contribution in [3.05, 3.63) is 40.1 Å². The van der Waals surface area contributed by atoms with E-state index in [0.717, 1.165) is 93.8 Å². The summed E-state index contributed by atoms with van der Waals surface area (Å²) >= 11 is 0. The Hall–Kier alpha value is -2.49. The fraction of sp³-hybridized carbons (Fsp3) is 0.688. The molecular formula is C32H45FN6O2. The fourth-order valence-corrected chi connectivity index (χ4v) is 8.49. The van der Waals surface area contributed by atoms with Crippen molar-refractivity contribution >= 4 is 11.5 Å². The van der Waals surface area contributed by atoms with E-state index in [0.29, 0.717) is 44.7 Å². The quantitative estimate of drug-likeness (QED) is 0.523. The summed E-state index contributed by atoms with van der Waals surface area (Å²) < 4.78 is 27.8. The molecule has 1 unspecified atom stereocenters. The van der Waals surface area contributed by atoms with Crippen molar-refractivity contribution < 1.29 is 13.9 Å². The van der Waals surface area contributed by atoms with Gasteiger partial charge in [-0.25, -0.2) is 4.39 Å². The summed E-state index contributed by atoms with van der Waals surface area (Å²) in [7, 11) is 2.05. The van der Waals surface area contributed by atoms with Crippen LogP contribution in [0.25, 0.3) is 0 Å². The number of halogens is 1. The molecule has 1 aliphatic carbocycles. The molecule has 9 heteroatoms. The Kier molecular flexibility index (Phi) is 7.11. The van der Waals surface area contributed by atoms with Crippen molar-refractivity contribution in [3.63, 3.8) is 0 Å².